The number of halogens is 1. The quantitative estimate of drug-likeness (QED) is 0.718. The van der Waals surface area contributed by atoms with Gasteiger partial charge in [-0.05, 0) is 49.7 Å². The van der Waals surface area contributed by atoms with Gasteiger partial charge >= 0.3 is 0 Å². The smallest absolute Gasteiger partial charge is 0.274 e. The Bertz CT molecular complexity index is 945. The molecular formula is C19H18FN3O2. The van der Waals surface area contributed by atoms with E-state index in [9.17, 15) is 14.0 Å². The molecule has 0 saturated carbocycles. The van der Waals surface area contributed by atoms with E-state index in [1.165, 1.54) is 23.6 Å². The minimum Gasteiger partial charge on any atom is -0.321 e. The van der Waals surface area contributed by atoms with Crippen molar-refractivity contribution in [3.63, 3.8) is 0 Å². The Kier molecular flexibility index (Phi) is 4.61. The zero-order valence-electron chi connectivity index (χ0n) is 14.0. The van der Waals surface area contributed by atoms with Crippen LogP contribution in [0.3, 0.4) is 0 Å². The average Bonchev–Trinajstić information content (AvgIpc) is 2.93. The van der Waals surface area contributed by atoms with Gasteiger partial charge in [-0.3, -0.25) is 14.0 Å². The second kappa shape index (κ2) is 6.84. The summed E-state index contributed by atoms with van der Waals surface area (Å²) in [7, 11) is 0. The van der Waals surface area contributed by atoms with Gasteiger partial charge in [0.2, 0.25) is 0 Å². The first-order chi connectivity index (χ1) is 12.0. The molecule has 5 nitrogen and oxygen atoms in total. The number of carbonyl (C=O) groups excluding carboxylic acids is 2. The lowest BCUT2D eigenvalue weighted by Crippen LogP contribution is -2.16. The van der Waals surface area contributed by atoms with Crippen molar-refractivity contribution in [2.24, 2.45) is 0 Å². The van der Waals surface area contributed by atoms with Crippen LogP contribution in [0.1, 0.15) is 46.8 Å². The number of imidazole rings is 1. The number of fused-ring (bicyclic) bond motifs is 1. The monoisotopic (exact) mass is 339 g/mol. The van der Waals surface area contributed by atoms with E-state index >= 15 is 0 Å². The van der Waals surface area contributed by atoms with Gasteiger partial charge in [0.05, 0.1) is 5.69 Å². The number of pyridine rings is 1. The van der Waals surface area contributed by atoms with E-state index in [1.54, 1.807) is 30.3 Å². The van der Waals surface area contributed by atoms with Crippen LogP contribution in [-0.4, -0.2) is 21.1 Å². The van der Waals surface area contributed by atoms with Crippen LogP contribution >= 0.6 is 0 Å². The fourth-order valence-electron chi connectivity index (χ4n) is 2.70. The molecule has 0 aliphatic heterocycles. The summed E-state index contributed by atoms with van der Waals surface area (Å²) in [6, 6.07) is 9.50. The predicted octanol–water partition coefficient (Wildman–Crippen LogP) is 3.88. The lowest BCUT2D eigenvalue weighted by atomic mass is 10.1. The lowest BCUT2D eigenvalue weighted by Gasteiger charge is -2.07. The molecule has 0 atom stereocenters. The highest BCUT2D eigenvalue weighted by molar-refractivity contribution is 6.04. The van der Waals surface area contributed by atoms with Crippen molar-refractivity contribution in [3.8, 4) is 0 Å². The van der Waals surface area contributed by atoms with E-state index in [1.807, 2.05) is 6.92 Å². The minimum atomic E-state index is -0.437. The van der Waals surface area contributed by atoms with Crippen LogP contribution in [0, 0.1) is 5.82 Å². The highest BCUT2D eigenvalue weighted by Crippen LogP contribution is 2.18. The molecule has 128 valence electrons. The second-order valence-electron chi connectivity index (χ2n) is 5.82. The molecule has 3 rings (SSSR count). The molecule has 0 radical (unpaired) electrons. The first kappa shape index (κ1) is 16.8. The Morgan fingerprint density at radius 2 is 1.88 bits per heavy atom. The van der Waals surface area contributed by atoms with Gasteiger partial charge in [-0.2, -0.15) is 0 Å². The molecule has 0 fully saturated rings. The van der Waals surface area contributed by atoms with Crippen molar-refractivity contribution in [3.05, 3.63) is 65.4 Å². The number of hydrogen-bond acceptors (Lipinski definition) is 3. The number of anilines is 1. The predicted molar refractivity (Wildman–Crippen MR) is 93.5 cm³/mol. The van der Waals surface area contributed by atoms with Gasteiger partial charge in [-0.25, -0.2) is 9.37 Å². The maximum Gasteiger partial charge on any atom is 0.274 e. The average molecular weight is 339 g/mol. The van der Waals surface area contributed by atoms with Crippen molar-refractivity contribution < 1.29 is 14.0 Å². The highest BCUT2D eigenvalue weighted by Gasteiger charge is 2.19. The molecule has 25 heavy (non-hydrogen) atoms. The molecule has 0 saturated heterocycles. The summed E-state index contributed by atoms with van der Waals surface area (Å²) >= 11 is 0. The van der Waals surface area contributed by atoms with Crippen LogP contribution in [0.15, 0.2) is 42.6 Å². The normalized spacial score (nSPS) is 10.8. The molecule has 2 heterocycles. The zero-order chi connectivity index (χ0) is 18.0. The number of benzene rings is 1. The molecule has 1 N–H and O–H groups in total. The van der Waals surface area contributed by atoms with Crippen molar-refractivity contribution >= 4 is 23.0 Å². The number of ketones is 1. The van der Waals surface area contributed by atoms with Crippen molar-refractivity contribution in [1.29, 1.82) is 0 Å². The van der Waals surface area contributed by atoms with Crippen LogP contribution in [0.25, 0.3) is 5.65 Å². The van der Waals surface area contributed by atoms with Gasteiger partial charge in [0.25, 0.3) is 5.91 Å². The third-order valence-corrected chi connectivity index (χ3v) is 3.91. The Labute approximate surface area is 144 Å². The Morgan fingerprint density at radius 3 is 2.52 bits per heavy atom. The number of amides is 1. The van der Waals surface area contributed by atoms with E-state index in [0.717, 1.165) is 6.42 Å². The van der Waals surface area contributed by atoms with Gasteiger partial charge in [0, 0.05) is 17.4 Å². The highest BCUT2D eigenvalue weighted by atomic mass is 19.1. The summed E-state index contributed by atoms with van der Waals surface area (Å²) in [6.07, 6.45) is 2.70. The fraction of sp³-hybridized carbons (Fsp3) is 0.211. The van der Waals surface area contributed by atoms with Crippen LogP contribution < -0.4 is 5.32 Å². The van der Waals surface area contributed by atoms with Crippen LogP contribution in [0.5, 0.6) is 0 Å². The molecule has 0 bridgehead atoms. The lowest BCUT2D eigenvalue weighted by molar-refractivity contribution is 0.101. The van der Waals surface area contributed by atoms with E-state index in [2.05, 4.69) is 10.3 Å². The summed E-state index contributed by atoms with van der Waals surface area (Å²) < 4.78 is 15.1. The van der Waals surface area contributed by atoms with E-state index < -0.39 is 5.82 Å². The maximum atomic E-state index is 13.6. The number of aromatic nitrogens is 2. The van der Waals surface area contributed by atoms with Gasteiger partial charge in [-0.1, -0.05) is 13.3 Å². The van der Waals surface area contributed by atoms with Crippen molar-refractivity contribution in [1.82, 2.24) is 9.38 Å². The fourth-order valence-corrected chi connectivity index (χ4v) is 2.70. The number of Topliss-reactive ketones (excluding diaryl/α,β-unsaturated/α-hetero) is 1. The summed E-state index contributed by atoms with van der Waals surface area (Å²) in [5.74, 6) is -0.842. The number of aryl methyl sites for hydroxylation is 1. The van der Waals surface area contributed by atoms with Crippen LogP contribution in [-0.2, 0) is 6.42 Å². The molecule has 1 amide bonds. The Morgan fingerprint density at radius 1 is 1.16 bits per heavy atom. The first-order valence-corrected chi connectivity index (χ1v) is 8.08. The van der Waals surface area contributed by atoms with Crippen LogP contribution in [0.2, 0.25) is 0 Å². The summed E-state index contributed by atoms with van der Waals surface area (Å²) in [6.45, 7) is 3.48. The van der Waals surface area contributed by atoms with Crippen molar-refractivity contribution in [2.75, 3.05) is 5.32 Å². The SMILES string of the molecule is CCCc1nc2ccc(F)cn2c1C(=O)Nc1ccc(C(C)=O)cc1. The number of carbonyl (C=O) groups is 2. The van der Waals surface area contributed by atoms with Gasteiger partial charge in [0.1, 0.15) is 17.2 Å². The molecule has 6 heteroatoms. The molecule has 0 unspecified atom stereocenters. The van der Waals surface area contributed by atoms with Crippen LogP contribution in [0.4, 0.5) is 10.1 Å². The summed E-state index contributed by atoms with van der Waals surface area (Å²) in [5, 5.41) is 2.79. The topological polar surface area (TPSA) is 63.5 Å². The third kappa shape index (κ3) is 3.42. The molecule has 0 aliphatic carbocycles. The third-order valence-electron chi connectivity index (χ3n) is 3.91. The molecule has 0 spiro atoms. The molecular weight excluding hydrogens is 321 g/mol. The summed E-state index contributed by atoms with van der Waals surface area (Å²) in [5.41, 5.74) is 2.62. The van der Waals surface area contributed by atoms with Gasteiger partial charge in [0.15, 0.2) is 5.78 Å². The summed E-state index contributed by atoms with van der Waals surface area (Å²) in [4.78, 5) is 28.5. The number of nitrogens with one attached hydrogen (secondary N) is 1. The Balaban J connectivity index is 1.96. The number of hydrogen-bond donors (Lipinski definition) is 1. The minimum absolute atomic E-state index is 0.0413. The molecule has 2 aromatic heterocycles. The standard InChI is InChI=1S/C19H18FN3O2/c1-3-4-16-18(23-11-14(20)7-10-17(23)22-16)19(25)21-15-8-5-13(6-9-15)12(2)24/h5-11H,3-4H2,1-2H3,(H,21,25). The number of rotatable bonds is 5. The van der Waals surface area contributed by atoms with E-state index in [0.29, 0.717) is 34.7 Å². The second-order valence-corrected chi connectivity index (χ2v) is 5.82. The van der Waals surface area contributed by atoms with E-state index in [-0.39, 0.29) is 11.7 Å². The molecule has 3 aromatic rings. The van der Waals surface area contributed by atoms with Gasteiger partial charge in [-0.15, -0.1) is 0 Å². The van der Waals surface area contributed by atoms with E-state index in [4.69, 9.17) is 0 Å². The largest absolute Gasteiger partial charge is 0.321 e. The maximum absolute atomic E-state index is 13.6. The van der Waals surface area contributed by atoms with Gasteiger partial charge < -0.3 is 5.32 Å². The molecule has 1 aromatic carbocycles. The first-order valence-electron chi connectivity index (χ1n) is 8.08. The molecule has 0 aliphatic rings. The zero-order valence-corrected chi connectivity index (χ0v) is 14.0. The number of nitrogens with zero attached hydrogens (tertiary/aromatic N) is 2. The van der Waals surface area contributed by atoms with Crippen molar-refractivity contribution in [2.45, 2.75) is 26.7 Å². The Hall–Kier alpha value is -3.02.